The third-order valence-corrected chi connectivity index (χ3v) is 3.55. The number of hydrogen-bond acceptors (Lipinski definition) is 3. The van der Waals surface area contributed by atoms with Gasteiger partial charge >= 0.3 is 0 Å². The Kier molecular flexibility index (Phi) is 2.63. The fourth-order valence-corrected chi connectivity index (χ4v) is 2.70. The zero-order chi connectivity index (χ0) is 10.1. The van der Waals surface area contributed by atoms with E-state index in [-0.39, 0.29) is 12.4 Å². The number of aromatic hydroxyl groups is 1. The van der Waals surface area contributed by atoms with E-state index in [0.717, 1.165) is 15.6 Å². The number of aliphatic hydroxyl groups excluding tert-OH is 1. The molecule has 1 heterocycles. The lowest BCUT2D eigenvalue weighted by molar-refractivity contribution is 0.280. The van der Waals surface area contributed by atoms with Crippen LogP contribution in [-0.2, 0) is 12.5 Å². The molecule has 0 spiro atoms. The number of thiophene rings is 1. The molecule has 4 heteroatoms. The maximum absolute atomic E-state index is 9.79. The number of fused-ring (bicyclic) bond motifs is 1. The quantitative estimate of drug-likeness (QED) is 0.776. The van der Waals surface area contributed by atoms with Crippen LogP contribution in [0.1, 0.15) is 10.4 Å². The zero-order valence-electron chi connectivity index (χ0n) is 7.33. The average molecular weight is 229 g/mol. The lowest BCUT2D eigenvalue weighted by atomic mass is 10.1. The van der Waals surface area contributed by atoms with Gasteiger partial charge in [0, 0.05) is 16.0 Å². The molecular weight excluding hydrogens is 220 g/mol. The first kappa shape index (κ1) is 9.77. The van der Waals surface area contributed by atoms with E-state index in [1.165, 1.54) is 11.3 Å². The predicted octanol–water partition coefficient (Wildman–Crippen LogP) is 2.84. The summed E-state index contributed by atoms with van der Waals surface area (Å²) in [6, 6.07) is 5.69. The minimum absolute atomic E-state index is 0.132. The van der Waals surface area contributed by atoms with E-state index in [1.807, 2.05) is 18.2 Å². The number of hydrogen-bond donors (Lipinski definition) is 2. The van der Waals surface area contributed by atoms with E-state index in [4.69, 9.17) is 16.7 Å². The van der Waals surface area contributed by atoms with Crippen molar-refractivity contribution >= 4 is 33.0 Å². The average Bonchev–Trinajstić information content (AvgIpc) is 2.55. The monoisotopic (exact) mass is 228 g/mol. The van der Waals surface area contributed by atoms with Crippen LogP contribution in [0.5, 0.6) is 5.75 Å². The molecule has 0 unspecified atom stereocenters. The maximum Gasteiger partial charge on any atom is 0.140 e. The van der Waals surface area contributed by atoms with Gasteiger partial charge in [0.2, 0.25) is 0 Å². The van der Waals surface area contributed by atoms with Crippen molar-refractivity contribution < 1.29 is 10.2 Å². The van der Waals surface area contributed by atoms with E-state index in [1.54, 1.807) is 0 Å². The van der Waals surface area contributed by atoms with Crippen LogP contribution >= 0.6 is 22.9 Å². The zero-order valence-corrected chi connectivity index (χ0v) is 8.90. The van der Waals surface area contributed by atoms with E-state index in [2.05, 4.69) is 0 Å². The maximum atomic E-state index is 9.79. The van der Waals surface area contributed by atoms with Crippen LogP contribution in [0.2, 0.25) is 0 Å². The largest absolute Gasteiger partial charge is 0.506 e. The van der Waals surface area contributed by atoms with Gasteiger partial charge in [0.05, 0.1) is 11.5 Å². The standard InChI is InChI=1S/C10H9ClO2S/c11-4-6-2-1-3-7-9(6)10(13)8(5-12)14-7/h1-3,12-13H,4-5H2. The molecule has 2 aromatic rings. The lowest BCUT2D eigenvalue weighted by Crippen LogP contribution is -1.79. The summed E-state index contributed by atoms with van der Waals surface area (Å²) in [5, 5.41) is 19.6. The Bertz CT molecular complexity index is 464. The highest BCUT2D eigenvalue weighted by Crippen LogP contribution is 2.39. The van der Waals surface area contributed by atoms with Crippen LogP contribution in [0, 0.1) is 0 Å². The number of aliphatic hydroxyl groups is 1. The van der Waals surface area contributed by atoms with Gasteiger partial charge in [0.15, 0.2) is 0 Å². The van der Waals surface area contributed by atoms with Crippen LogP contribution in [-0.4, -0.2) is 10.2 Å². The Labute approximate surface area is 90.4 Å². The van der Waals surface area contributed by atoms with Crippen molar-refractivity contribution in [3.63, 3.8) is 0 Å². The van der Waals surface area contributed by atoms with Crippen molar-refractivity contribution in [2.24, 2.45) is 0 Å². The van der Waals surface area contributed by atoms with E-state index < -0.39 is 0 Å². The lowest BCUT2D eigenvalue weighted by Gasteiger charge is -1.98. The molecule has 0 aliphatic heterocycles. The summed E-state index contributed by atoms with van der Waals surface area (Å²) in [6.07, 6.45) is 0. The minimum atomic E-state index is -0.132. The predicted molar refractivity (Wildman–Crippen MR) is 59.0 cm³/mol. The Hall–Kier alpha value is -0.770. The molecule has 0 atom stereocenters. The second-order valence-electron chi connectivity index (χ2n) is 2.96. The summed E-state index contributed by atoms with van der Waals surface area (Å²) in [7, 11) is 0. The SMILES string of the molecule is OCc1sc2cccc(CCl)c2c1O. The van der Waals surface area contributed by atoms with Gasteiger partial charge in [-0.15, -0.1) is 22.9 Å². The van der Waals surface area contributed by atoms with E-state index in [0.29, 0.717) is 10.8 Å². The topological polar surface area (TPSA) is 40.5 Å². The number of benzene rings is 1. The first-order valence-corrected chi connectivity index (χ1v) is 5.52. The van der Waals surface area contributed by atoms with Gasteiger partial charge < -0.3 is 10.2 Å². The third-order valence-electron chi connectivity index (χ3n) is 2.13. The first-order valence-electron chi connectivity index (χ1n) is 4.17. The molecule has 0 bridgehead atoms. The molecule has 0 radical (unpaired) electrons. The molecule has 0 aliphatic rings. The second kappa shape index (κ2) is 3.77. The summed E-state index contributed by atoms with van der Waals surface area (Å²) in [6.45, 7) is -0.132. The number of rotatable bonds is 2. The van der Waals surface area contributed by atoms with Gasteiger partial charge in [0.25, 0.3) is 0 Å². The van der Waals surface area contributed by atoms with Crippen LogP contribution in [0.25, 0.3) is 10.1 Å². The summed E-state index contributed by atoms with van der Waals surface area (Å²) in [5.41, 5.74) is 0.901. The summed E-state index contributed by atoms with van der Waals surface area (Å²) >= 11 is 7.16. The fraction of sp³-hybridized carbons (Fsp3) is 0.200. The smallest absolute Gasteiger partial charge is 0.140 e. The van der Waals surface area contributed by atoms with Crippen LogP contribution < -0.4 is 0 Å². The summed E-state index contributed by atoms with van der Waals surface area (Å²) < 4.78 is 0.963. The van der Waals surface area contributed by atoms with Crippen LogP contribution in [0.15, 0.2) is 18.2 Å². The normalized spacial score (nSPS) is 11.0. The number of alkyl halides is 1. The Morgan fingerprint density at radius 1 is 1.36 bits per heavy atom. The van der Waals surface area contributed by atoms with E-state index >= 15 is 0 Å². The van der Waals surface area contributed by atoms with Crippen LogP contribution in [0.3, 0.4) is 0 Å². The Morgan fingerprint density at radius 2 is 2.14 bits per heavy atom. The van der Waals surface area contributed by atoms with E-state index in [9.17, 15) is 5.11 Å². The van der Waals surface area contributed by atoms with Crippen molar-refractivity contribution in [1.82, 2.24) is 0 Å². The van der Waals surface area contributed by atoms with Crippen molar-refractivity contribution in [2.45, 2.75) is 12.5 Å². The molecule has 14 heavy (non-hydrogen) atoms. The molecule has 0 saturated carbocycles. The highest BCUT2D eigenvalue weighted by atomic mass is 35.5. The van der Waals surface area contributed by atoms with Gasteiger partial charge in [0.1, 0.15) is 5.75 Å². The molecule has 0 aliphatic carbocycles. The number of halogens is 1. The van der Waals surface area contributed by atoms with Crippen molar-refractivity contribution in [3.05, 3.63) is 28.6 Å². The Balaban J connectivity index is 2.79. The summed E-state index contributed by atoms with van der Waals surface area (Å²) in [5.74, 6) is 0.538. The molecule has 2 N–H and O–H groups in total. The molecular formula is C10H9ClO2S. The molecule has 0 amide bonds. The van der Waals surface area contributed by atoms with Crippen molar-refractivity contribution in [3.8, 4) is 5.75 Å². The minimum Gasteiger partial charge on any atom is -0.506 e. The molecule has 2 rings (SSSR count). The molecule has 1 aromatic carbocycles. The molecule has 0 saturated heterocycles. The fourth-order valence-electron chi connectivity index (χ4n) is 1.47. The highest BCUT2D eigenvalue weighted by molar-refractivity contribution is 7.19. The van der Waals surface area contributed by atoms with Gasteiger partial charge in [-0.2, -0.15) is 0 Å². The first-order chi connectivity index (χ1) is 6.77. The van der Waals surface area contributed by atoms with Gasteiger partial charge in [-0.25, -0.2) is 0 Å². The van der Waals surface area contributed by atoms with Gasteiger partial charge in [-0.3, -0.25) is 0 Å². The Morgan fingerprint density at radius 3 is 2.79 bits per heavy atom. The molecule has 74 valence electrons. The van der Waals surface area contributed by atoms with Crippen molar-refractivity contribution in [1.29, 1.82) is 0 Å². The van der Waals surface area contributed by atoms with Gasteiger partial charge in [-0.1, -0.05) is 12.1 Å². The highest BCUT2D eigenvalue weighted by Gasteiger charge is 2.12. The summed E-state index contributed by atoms with van der Waals surface area (Å²) in [4.78, 5) is 0.595. The molecule has 1 aromatic heterocycles. The van der Waals surface area contributed by atoms with Gasteiger partial charge in [-0.05, 0) is 11.6 Å². The molecule has 0 fully saturated rings. The van der Waals surface area contributed by atoms with Crippen molar-refractivity contribution in [2.75, 3.05) is 0 Å². The molecule has 2 nitrogen and oxygen atoms in total. The van der Waals surface area contributed by atoms with Crippen LogP contribution in [0.4, 0.5) is 0 Å². The second-order valence-corrected chi connectivity index (χ2v) is 4.36. The third kappa shape index (κ3) is 1.38.